The largest absolute Gasteiger partial charge is 0.475 e. The van der Waals surface area contributed by atoms with Crippen molar-refractivity contribution in [1.82, 2.24) is 5.32 Å². The van der Waals surface area contributed by atoms with Gasteiger partial charge in [-0.15, -0.1) is 0 Å². The summed E-state index contributed by atoms with van der Waals surface area (Å²) in [5.74, 6) is -0.767. The van der Waals surface area contributed by atoms with Gasteiger partial charge in [-0.1, -0.05) is 12.8 Å². The van der Waals surface area contributed by atoms with Crippen LogP contribution >= 0.6 is 0 Å². The maximum atomic E-state index is 10.9. The summed E-state index contributed by atoms with van der Waals surface area (Å²) in [5.41, 5.74) is 0.657. The molecule has 0 amide bonds. The van der Waals surface area contributed by atoms with Crippen LogP contribution in [-0.2, 0) is 6.54 Å². The summed E-state index contributed by atoms with van der Waals surface area (Å²) >= 11 is 0. The number of carboxylic acid groups (broad SMARTS) is 1. The lowest BCUT2D eigenvalue weighted by molar-refractivity contribution is 0.0660. The molecule has 0 aromatic carbocycles. The van der Waals surface area contributed by atoms with E-state index in [-0.39, 0.29) is 24.3 Å². The summed E-state index contributed by atoms with van der Waals surface area (Å²) < 4.78 is 4.93. The lowest BCUT2D eigenvalue weighted by atomic mass is 9.85. The maximum absolute atomic E-state index is 10.9. The quantitative estimate of drug-likeness (QED) is 0.742. The topological polar surface area (TPSA) is 82.7 Å². The Morgan fingerprint density at radius 1 is 1.44 bits per heavy atom. The van der Waals surface area contributed by atoms with Crippen LogP contribution in [0.1, 0.15) is 41.8 Å². The van der Waals surface area contributed by atoms with Gasteiger partial charge in [-0.2, -0.15) is 0 Å². The molecule has 1 aliphatic carbocycles. The van der Waals surface area contributed by atoms with Gasteiger partial charge in [-0.05, 0) is 24.8 Å². The smallest absolute Gasteiger partial charge is 0.372 e. The van der Waals surface area contributed by atoms with Crippen molar-refractivity contribution in [2.75, 3.05) is 6.61 Å². The Bertz CT molecular complexity index is 401. The number of carbonyl (C=O) groups is 1. The molecule has 0 spiro atoms. The van der Waals surface area contributed by atoms with Crippen molar-refractivity contribution < 1.29 is 19.4 Å². The van der Waals surface area contributed by atoms with Gasteiger partial charge < -0.3 is 19.9 Å². The first-order valence-electron chi connectivity index (χ1n) is 6.36. The molecule has 5 heteroatoms. The fourth-order valence-corrected chi connectivity index (χ4v) is 2.60. The first-order valence-corrected chi connectivity index (χ1v) is 6.36. The number of aromatic carboxylic acids is 1. The molecule has 0 aliphatic heterocycles. The Morgan fingerprint density at radius 3 is 2.94 bits per heavy atom. The summed E-state index contributed by atoms with van der Waals surface area (Å²) in [7, 11) is 0. The normalized spacial score (nSPS) is 24.1. The number of aliphatic hydroxyl groups excluding tert-OH is 1. The molecule has 1 aromatic rings. The van der Waals surface area contributed by atoms with Crippen molar-refractivity contribution in [2.24, 2.45) is 5.92 Å². The molecule has 5 nitrogen and oxygen atoms in total. The molecule has 3 N–H and O–H groups in total. The standard InChI is InChI=1S/C13H19NO4/c15-8-10-3-1-2-4-11(10)14-7-9-5-6-18-12(9)13(16)17/h5-6,10-11,14-15H,1-4,7-8H2,(H,16,17). The van der Waals surface area contributed by atoms with Gasteiger partial charge in [-0.3, -0.25) is 0 Å². The summed E-state index contributed by atoms with van der Waals surface area (Å²) in [5, 5.41) is 21.6. The lowest BCUT2D eigenvalue weighted by Gasteiger charge is -2.31. The zero-order chi connectivity index (χ0) is 13.0. The van der Waals surface area contributed by atoms with Crippen LogP contribution in [0.25, 0.3) is 0 Å². The van der Waals surface area contributed by atoms with Gasteiger partial charge in [-0.25, -0.2) is 4.79 Å². The van der Waals surface area contributed by atoms with Gasteiger partial charge in [0.15, 0.2) is 0 Å². The Hall–Kier alpha value is -1.33. The Labute approximate surface area is 106 Å². The molecule has 0 bridgehead atoms. The number of hydrogen-bond donors (Lipinski definition) is 3. The van der Waals surface area contributed by atoms with E-state index in [1.165, 1.54) is 6.26 Å². The molecule has 18 heavy (non-hydrogen) atoms. The third-order valence-corrected chi connectivity index (χ3v) is 3.64. The predicted octanol–water partition coefficient (Wildman–Crippen LogP) is 1.62. The van der Waals surface area contributed by atoms with Gasteiger partial charge in [0.25, 0.3) is 0 Å². The van der Waals surface area contributed by atoms with E-state index >= 15 is 0 Å². The average molecular weight is 253 g/mol. The SMILES string of the molecule is O=C(O)c1occc1CNC1CCCCC1CO. The summed E-state index contributed by atoms with van der Waals surface area (Å²) in [6.07, 6.45) is 5.78. The number of hydrogen-bond acceptors (Lipinski definition) is 4. The number of rotatable bonds is 5. The van der Waals surface area contributed by atoms with Gasteiger partial charge in [0.2, 0.25) is 5.76 Å². The van der Waals surface area contributed by atoms with E-state index in [1.807, 2.05) is 0 Å². The molecule has 1 saturated carbocycles. The Kier molecular flexibility index (Phi) is 4.38. The third-order valence-electron chi connectivity index (χ3n) is 3.64. The second-order valence-electron chi connectivity index (χ2n) is 4.79. The van der Waals surface area contributed by atoms with Crippen LogP contribution in [0.2, 0.25) is 0 Å². The van der Waals surface area contributed by atoms with Gasteiger partial charge in [0, 0.05) is 24.8 Å². The van der Waals surface area contributed by atoms with Crippen molar-refractivity contribution in [1.29, 1.82) is 0 Å². The number of furan rings is 1. The van der Waals surface area contributed by atoms with E-state index in [0.717, 1.165) is 25.7 Å². The molecular formula is C13H19NO4. The number of nitrogens with one attached hydrogen (secondary N) is 1. The molecule has 2 unspecified atom stereocenters. The minimum Gasteiger partial charge on any atom is -0.475 e. The summed E-state index contributed by atoms with van der Waals surface area (Å²) in [6, 6.07) is 1.94. The molecule has 2 rings (SSSR count). The van der Waals surface area contributed by atoms with Crippen molar-refractivity contribution in [3.63, 3.8) is 0 Å². The van der Waals surface area contributed by atoms with Crippen molar-refractivity contribution in [3.8, 4) is 0 Å². The number of aliphatic hydroxyl groups is 1. The second-order valence-corrected chi connectivity index (χ2v) is 4.79. The fraction of sp³-hybridized carbons (Fsp3) is 0.615. The lowest BCUT2D eigenvalue weighted by Crippen LogP contribution is -2.39. The molecule has 100 valence electrons. The van der Waals surface area contributed by atoms with Crippen molar-refractivity contribution in [3.05, 3.63) is 23.7 Å². The zero-order valence-electron chi connectivity index (χ0n) is 10.3. The molecule has 1 aliphatic rings. The fourth-order valence-electron chi connectivity index (χ4n) is 2.60. The van der Waals surface area contributed by atoms with Crippen molar-refractivity contribution in [2.45, 2.75) is 38.3 Å². The van der Waals surface area contributed by atoms with E-state index < -0.39 is 5.97 Å². The summed E-state index contributed by atoms with van der Waals surface area (Å²) in [4.78, 5) is 10.9. The molecule has 2 atom stereocenters. The summed E-state index contributed by atoms with van der Waals surface area (Å²) in [6.45, 7) is 0.661. The minimum atomic E-state index is -1.04. The number of carboxylic acids is 1. The highest BCUT2D eigenvalue weighted by atomic mass is 16.4. The molecule has 1 heterocycles. The first kappa shape index (κ1) is 13.1. The van der Waals surface area contributed by atoms with Crippen LogP contribution in [0.3, 0.4) is 0 Å². The highest BCUT2D eigenvalue weighted by Crippen LogP contribution is 2.24. The first-order chi connectivity index (χ1) is 8.72. The highest BCUT2D eigenvalue weighted by molar-refractivity contribution is 5.86. The second kappa shape index (κ2) is 6.02. The van der Waals surface area contributed by atoms with Gasteiger partial charge >= 0.3 is 5.97 Å². The predicted molar refractivity (Wildman–Crippen MR) is 65.3 cm³/mol. The van der Waals surface area contributed by atoms with Crippen LogP contribution < -0.4 is 5.32 Å². The monoisotopic (exact) mass is 253 g/mol. The van der Waals surface area contributed by atoms with Crippen LogP contribution in [-0.4, -0.2) is 28.8 Å². The van der Waals surface area contributed by atoms with Crippen LogP contribution in [0, 0.1) is 5.92 Å². The van der Waals surface area contributed by atoms with E-state index in [2.05, 4.69) is 5.32 Å². The Morgan fingerprint density at radius 2 is 2.22 bits per heavy atom. The molecular weight excluding hydrogens is 234 g/mol. The molecule has 0 saturated heterocycles. The van der Waals surface area contributed by atoms with Gasteiger partial charge in [0.1, 0.15) is 0 Å². The average Bonchev–Trinajstić information content (AvgIpc) is 2.85. The third kappa shape index (κ3) is 2.91. The van der Waals surface area contributed by atoms with E-state index in [4.69, 9.17) is 9.52 Å². The maximum Gasteiger partial charge on any atom is 0.372 e. The molecule has 0 radical (unpaired) electrons. The molecule has 1 fully saturated rings. The highest BCUT2D eigenvalue weighted by Gasteiger charge is 2.24. The van der Waals surface area contributed by atoms with Crippen LogP contribution in [0.4, 0.5) is 0 Å². The minimum absolute atomic E-state index is 0.00106. The van der Waals surface area contributed by atoms with Crippen molar-refractivity contribution >= 4 is 5.97 Å². The van der Waals surface area contributed by atoms with Gasteiger partial charge in [0.05, 0.1) is 6.26 Å². The Balaban J connectivity index is 1.93. The van der Waals surface area contributed by atoms with E-state index in [9.17, 15) is 9.90 Å². The van der Waals surface area contributed by atoms with E-state index in [1.54, 1.807) is 6.07 Å². The van der Waals surface area contributed by atoms with Crippen LogP contribution in [0.5, 0.6) is 0 Å². The zero-order valence-corrected chi connectivity index (χ0v) is 10.3. The van der Waals surface area contributed by atoms with Crippen LogP contribution in [0.15, 0.2) is 16.7 Å². The van der Waals surface area contributed by atoms with E-state index in [0.29, 0.717) is 12.1 Å². The molecule has 1 aromatic heterocycles.